The number of carbonyl (C=O) groups is 2. The zero-order valence-electron chi connectivity index (χ0n) is 18.4. The summed E-state index contributed by atoms with van der Waals surface area (Å²) in [6.07, 6.45) is 3.71. The summed E-state index contributed by atoms with van der Waals surface area (Å²) in [6.45, 7) is 6.73. The highest BCUT2D eigenvalue weighted by atomic mass is 16.5. The summed E-state index contributed by atoms with van der Waals surface area (Å²) in [7, 11) is 0. The maximum absolute atomic E-state index is 12.8. The fourth-order valence-corrected chi connectivity index (χ4v) is 3.63. The summed E-state index contributed by atoms with van der Waals surface area (Å²) in [5.41, 5.74) is 2.80. The summed E-state index contributed by atoms with van der Waals surface area (Å²) in [5, 5.41) is 7.07. The topological polar surface area (TPSA) is 83.2 Å². The van der Waals surface area contributed by atoms with Gasteiger partial charge in [0.25, 0.3) is 5.91 Å². The van der Waals surface area contributed by atoms with Gasteiger partial charge in [-0.05, 0) is 49.4 Å². The first-order chi connectivity index (χ1) is 15.0. The van der Waals surface area contributed by atoms with Gasteiger partial charge in [-0.15, -0.1) is 0 Å². The summed E-state index contributed by atoms with van der Waals surface area (Å²) in [6, 6.07) is 14.6. The molecule has 6 nitrogen and oxygen atoms in total. The molecule has 2 amide bonds. The summed E-state index contributed by atoms with van der Waals surface area (Å²) >= 11 is 0. The number of amides is 2. The number of para-hydroxylation sites is 2. The molecule has 3 rings (SSSR count). The van der Waals surface area contributed by atoms with Gasteiger partial charge in [0.15, 0.2) is 0 Å². The van der Waals surface area contributed by atoms with Crippen molar-refractivity contribution in [2.24, 2.45) is 5.92 Å². The molecule has 0 aliphatic heterocycles. The van der Waals surface area contributed by atoms with E-state index in [2.05, 4.69) is 27.8 Å². The van der Waals surface area contributed by atoms with Crippen molar-refractivity contribution in [3.05, 3.63) is 65.9 Å². The molecule has 1 atom stereocenters. The van der Waals surface area contributed by atoms with Crippen molar-refractivity contribution in [1.29, 1.82) is 0 Å². The first-order valence-corrected chi connectivity index (χ1v) is 10.9. The lowest BCUT2D eigenvalue weighted by Gasteiger charge is -2.22. The third-order valence-electron chi connectivity index (χ3n) is 5.26. The first kappa shape index (κ1) is 22.4. The Morgan fingerprint density at radius 2 is 1.81 bits per heavy atom. The molecule has 3 N–H and O–H groups in total. The number of benzene rings is 2. The Morgan fingerprint density at radius 3 is 2.58 bits per heavy atom. The molecule has 0 bridgehead atoms. The first-order valence-electron chi connectivity index (χ1n) is 10.9. The molecule has 0 saturated carbocycles. The third-order valence-corrected chi connectivity index (χ3v) is 5.26. The van der Waals surface area contributed by atoms with Crippen LogP contribution < -0.4 is 15.4 Å². The molecule has 1 heterocycles. The van der Waals surface area contributed by atoms with E-state index in [-0.39, 0.29) is 17.7 Å². The molecule has 3 aromatic rings. The molecule has 0 aliphatic rings. The van der Waals surface area contributed by atoms with Crippen LogP contribution in [0.15, 0.2) is 54.7 Å². The largest absolute Gasteiger partial charge is 0.493 e. The van der Waals surface area contributed by atoms with Crippen molar-refractivity contribution in [2.45, 2.75) is 39.7 Å². The molecule has 0 saturated heterocycles. The van der Waals surface area contributed by atoms with Crippen LogP contribution in [0.2, 0.25) is 0 Å². The zero-order chi connectivity index (χ0) is 22.2. The standard InChI is InChI=1S/C25H31N3O3/c1-4-31-22-14-8-6-12-20(22)24(29)28-23(17(2)3)25(30)26-15-9-10-18-16-27-21-13-7-5-11-19(18)21/h5-8,11-14,16-17,23,27H,4,9-10,15H2,1-3H3,(H,26,30)(H,28,29). The molecular formula is C25H31N3O3. The highest BCUT2D eigenvalue weighted by Crippen LogP contribution is 2.19. The smallest absolute Gasteiger partial charge is 0.255 e. The van der Waals surface area contributed by atoms with E-state index in [1.165, 1.54) is 10.9 Å². The number of rotatable bonds is 10. The fourth-order valence-electron chi connectivity index (χ4n) is 3.63. The molecular weight excluding hydrogens is 390 g/mol. The van der Waals surface area contributed by atoms with E-state index in [9.17, 15) is 9.59 Å². The van der Waals surface area contributed by atoms with Gasteiger partial charge < -0.3 is 20.4 Å². The molecule has 1 aromatic heterocycles. The van der Waals surface area contributed by atoms with Gasteiger partial charge >= 0.3 is 0 Å². The second-order valence-corrected chi connectivity index (χ2v) is 7.88. The van der Waals surface area contributed by atoms with Crippen LogP contribution in [0.3, 0.4) is 0 Å². The third kappa shape index (κ3) is 5.66. The predicted octanol–water partition coefficient (Wildman–Crippen LogP) is 4.07. The van der Waals surface area contributed by atoms with Gasteiger partial charge in [0.2, 0.25) is 5.91 Å². The number of aryl methyl sites for hydroxylation is 1. The lowest BCUT2D eigenvalue weighted by atomic mass is 10.0. The number of nitrogens with one attached hydrogen (secondary N) is 3. The quantitative estimate of drug-likeness (QED) is 0.432. The van der Waals surface area contributed by atoms with Gasteiger partial charge in [-0.3, -0.25) is 9.59 Å². The minimum atomic E-state index is -0.615. The van der Waals surface area contributed by atoms with Crippen LogP contribution in [0.1, 0.15) is 43.1 Å². The van der Waals surface area contributed by atoms with E-state index in [1.807, 2.05) is 45.2 Å². The maximum atomic E-state index is 12.8. The number of ether oxygens (including phenoxy) is 1. The Kier molecular flexibility index (Phi) is 7.70. The number of fused-ring (bicyclic) bond motifs is 1. The van der Waals surface area contributed by atoms with Crippen LogP contribution in [0.25, 0.3) is 10.9 Å². The Morgan fingerprint density at radius 1 is 1.06 bits per heavy atom. The van der Waals surface area contributed by atoms with Gasteiger partial charge in [-0.25, -0.2) is 0 Å². The molecule has 0 fully saturated rings. The highest BCUT2D eigenvalue weighted by Gasteiger charge is 2.25. The van der Waals surface area contributed by atoms with Crippen molar-refractivity contribution in [3.63, 3.8) is 0 Å². The summed E-state index contributed by atoms with van der Waals surface area (Å²) in [4.78, 5) is 28.8. The van der Waals surface area contributed by atoms with Crippen LogP contribution in [0, 0.1) is 5.92 Å². The lowest BCUT2D eigenvalue weighted by molar-refractivity contribution is -0.123. The minimum Gasteiger partial charge on any atom is -0.493 e. The second kappa shape index (κ2) is 10.7. The Labute approximate surface area is 183 Å². The van der Waals surface area contributed by atoms with Crippen molar-refractivity contribution in [2.75, 3.05) is 13.2 Å². The van der Waals surface area contributed by atoms with Gasteiger partial charge in [-0.1, -0.05) is 44.2 Å². The SMILES string of the molecule is CCOc1ccccc1C(=O)NC(C(=O)NCCCc1c[nH]c2ccccc12)C(C)C. The van der Waals surface area contributed by atoms with Gasteiger partial charge in [0, 0.05) is 23.6 Å². The molecule has 0 aliphatic carbocycles. The van der Waals surface area contributed by atoms with Crippen LogP contribution >= 0.6 is 0 Å². The van der Waals surface area contributed by atoms with Gasteiger partial charge in [0.05, 0.1) is 12.2 Å². The van der Waals surface area contributed by atoms with E-state index in [0.29, 0.717) is 24.5 Å². The van der Waals surface area contributed by atoms with Crippen molar-refractivity contribution in [3.8, 4) is 5.75 Å². The van der Waals surface area contributed by atoms with E-state index in [0.717, 1.165) is 18.4 Å². The normalized spacial score (nSPS) is 12.0. The van der Waals surface area contributed by atoms with E-state index < -0.39 is 6.04 Å². The van der Waals surface area contributed by atoms with Crippen molar-refractivity contribution < 1.29 is 14.3 Å². The summed E-state index contributed by atoms with van der Waals surface area (Å²) in [5.74, 6) is -0.00572. The highest BCUT2D eigenvalue weighted by molar-refractivity contribution is 5.99. The van der Waals surface area contributed by atoms with Crippen LogP contribution in [0.4, 0.5) is 0 Å². The maximum Gasteiger partial charge on any atom is 0.255 e. The van der Waals surface area contributed by atoms with Gasteiger partial charge in [0.1, 0.15) is 11.8 Å². The van der Waals surface area contributed by atoms with Crippen LogP contribution in [-0.2, 0) is 11.2 Å². The van der Waals surface area contributed by atoms with E-state index >= 15 is 0 Å². The average Bonchev–Trinajstić information content (AvgIpc) is 3.18. The Balaban J connectivity index is 1.55. The Bertz CT molecular complexity index is 1030. The average molecular weight is 422 g/mol. The van der Waals surface area contributed by atoms with Crippen molar-refractivity contribution >= 4 is 22.7 Å². The Hall–Kier alpha value is -3.28. The zero-order valence-corrected chi connectivity index (χ0v) is 18.4. The molecule has 2 aromatic carbocycles. The molecule has 1 unspecified atom stereocenters. The molecule has 31 heavy (non-hydrogen) atoms. The number of aromatic amines is 1. The molecule has 0 radical (unpaired) electrons. The van der Waals surface area contributed by atoms with Crippen molar-refractivity contribution in [1.82, 2.24) is 15.6 Å². The van der Waals surface area contributed by atoms with E-state index in [1.54, 1.807) is 18.2 Å². The van der Waals surface area contributed by atoms with Crippen LogP contribution in [0.5, 0.6) is 5.75 Å². The van der Waals surface area contributed by atoms with Gasteiger partial charge in [-0.2, -0.15) is 0 Å². The summed E-state index contributed by atoms with van der Waals surface area (Å²) < 4.78 is 5.54. The number of aromatic nitrogens is 1. The fraction of sp³-hybridized carbons (Fsp3) is 0.360. The molecule has 6 heteroatoms. The molecule has 164 valence electrons. The minimum absolute atomic E-state index is 0.0446. The monoisotopic (exact) mass is 421 g/mol. The number of hydrogen-bond acceptors (Lipinski definition) is 3. The number of carbonyl (C=O) groups excluding carboxylic acids is 2. The number of H-pyrrole nitrogens is 1. The van der Waals surface area contributed by atoms with E-state index in [4.69, 9.17) is 4.74 Å². The molecule has 0 spiro atoms. The lowest BCUT2D eigenvalue weighted by Crippen LogP contribution is -2.50. The van der Waals surface area contributed by atoms with Crippen LogP contribution in [-0.4, -0.2) is 36.0 Å². The number of hydrogen-bond donors (Lipinski definition) is 3. The predicted molar refractivity (Wildman–Crippen MR) is 123 cm³/mol. The second-order valence-electron chi connectivity index (χ2n) is 7.88.